The molecule has 0 aromatic heterocycles. The zero-order valence-corrected chi connectivity index (χ0v) is 18.8. The summed E-state index contributed by atoms with van der Waals surface area (Å²) in [5, 5.41) is 3.40. The van der Waals surface area contributed by atoms with Crippen molar-refractivity contribution in [2.45, 2.75) is 6.92 Å². The van der Waals surface area contributed by atoms with Crippen LogP contribution in [0.5, 0.6) is 0 Å². The van der Waals surface area contributed by atoms with Crippen LogP contribution in [0.3, 0.4) is 0 Å². The standard InChI is InChI=1S/C21H19O2P.C7H8/c1-23-21(22)17-24(18-11-5-2-6-12-18,19-13-7-3-8-14-19)20-15-9-4-10-16-20;1-7-5-3-2-4-6-7/h2-17H,1H3;2-6H,1H3. The molecule has 0 amide bonds. The maximum atomic E-state index is 12.3. The van der Waals surface area contributed by atoms with Crippen molar-refractivity contribution in [3.8, 4) is 0 Å². The van der Waals surface area contributed by atoms with Gasteiger partial charge in [-0.25, -0.2) is 4.79 Å². The van der Waals surface area contributed by atoms with Gasteiger partial charge in [-0.3, -0.25) is 0 Å². The molecule has 0 bridgehead atoms. The number of aryl methyl sites for hydroxylation is 1. The number of ether oxygens (including phenoxy) is 1. The average molecular weight is 426 g/mol. The third-order valence-corrected chi connectivity index (χ3v) is 8.87. The average Bonchev–Trinajstić information content (AvgIpc) is 2.85. The number of methoxy groups -OCH3 is 1. The molecule has 0 spiro atoms. The van der Waals surface area contributed by atoms with E-state index in [1.807, 2.05) is 72.8 Å². The quantitative estimate of drug-likeness (QED) is 0.341. The zero-order valence-electron chi connectivity index (χ0n) is 17.9. The third kappa shape index (κ3) is 5.63. The van der Waals surface area contributed by atoms with E-state index >= 15 is 0 Å². The van der Waals surface area contributed by atoms with E-state index in [-0.39, 0.29) is 5.97 Å². The molecule has 156 valence electrons. The van der Waals surface area contributed by atoms with Crippen molar-refractivity contribution in [1.82, 2.24) is 0 Å². The van der Waals surface area contributed by atoms with Crippen molar-refractivity contribution in [2.24, 2.45) is 0 Å². The van der Waals surface area contributed by atoms with Gasteiger partial charge in [0.15, 0.2) is 0 Å². The summed E-state index contributed by atoms with van der Waals surface area (Å²) in [4.78, 5) is 12.3. The molecule has 0 aliphatic carbocycles. The molecule has 0 atom stereocenters. The number of rotatable bonds is 4. The Morgan fingerprint density at radius 3 is 1.19 bits per heavy atom. The monoisotopic (exact) mass is 426 g/mol. The first kappa shape index (κ1) is 22.3. The highest BCUT2D eigenvalue weighted by Crippen LogP contribution is 2.43. The van der Waals surface area contributed by atoms with Crippen LogP contribution in [0, 0.1) is 6.92 Å². The van der Waals surface area contributed by atoms with Gasteiger partial charge in [-0.1, -0.05) is 127 Å². The van der Waals surface area contributed by atoms with Gasteiger partial charge in [-0.2, -0.15) is 0 Å². The second kappa shape index (κ2) is 11.2. The van der Waals surface area contributed by atoms with Gasteiger partial charge in [-0.05, 0) is 29.7 Å². The summed E-state index contributed by atoms with van der Waals surface area (Å²) < 4.78 is 5.00. The number of hydrogen-bond acceptors (Lipinski definition) is 2. The molecule has 0 fully saturated rings. The molecule has 4 rings (SSSR count). The van der Waals surface area contributed by atoms with Gasteiger partial charge in [0.05, 0.1) is 7.11 Å². The fraction of sp³-hybridized carbons (Fsp3) is 0.0714. The van der Waals surface area contributed by atoms with E-state index in [1.54, 1.807) is 5.80 Å². The van der Waals surface area contributed by atoms with Crippen molar-refractivity contribution >= 4 is 34.6 Å². The fourth-order valence-corrected chi connectivity index (χ4v) is 7.10. The van der Waals surface area contributed by atoms with Crippen molar-refractivity contribution in [2.75, 3.05) is 7.11 Å². The normalized spacial score (nSPS) is 10.4. The third-order valence-electron chi connectivity index (χ3n) is 4.93. The lowest BCUT2D eigenvalue weighted by molar-refractivity contribution is -0.132. The van der Waals surface area contributed by atoms with Crippen molar-refractivity contribution in [3.05, 3.63) is 127 Å². The lowest BCUT2D eigenvalue weighted by atomic mass is 10.2. The lowest BCUT2D eigenvalue weighted by Crippen LogP contribution is -2.28. The van der Waals surface area contributed by atoms with E-state index in [0.717, 1.165) is 15.9 Å². The second-order valence-electron chi connectivity index (χ2n) is 7.04. The minimum atomic E-state index is -2.23. The van der Waals surface area contributed by atoms with Crippen molar-refractivity contribution < 1.29 is 9.53 Å². The van der Waals surface area contributed by atoms with Gasteiger partial charge in [0.25, 0.3) is 0 Å². The molecule has 4 aromatic carbocycles. The Balaban J connectivity index is 0.000000330. The molecule has 2 nitrogen and oxygen atoms in total. The minimum absolute atomic E-state index is 0.306. The first-order chi connectivity index (χ1) is 15.2. The molecule has 31 heavy (non-hydrogen) atoms. The van der Waals surface area contributed by atoms with Crippen LogP contribution in [-0.2, 0) is 9.53 Å². The first-order valence-corrected chi connectivity index (χ1v) is 12.0. The van der Waals surface area contributed by atoms with Crippen LogP contribution in [0.4, 0.5) is 0 Å². The van der Waals surface area contributed by atoms with Gasteiger partial charge in [0, 0.05) is 5.80 Å². The maximum absolute atomic E-state index is 12.3. The SMILES string of the molecule is COC(=O)C=P(c1ccccc1)(c1ccccc1)c1ccccc1.Cc1ccccc1. The Labute approximate surface area is 185 Å². The number of carbonyl (C=O) groups is 1. The van der Waals surface area contributed by atoms with Crippen LogP contribution in [0.25, 0.3) is 0 Å². The Hall–Kier alpha value is -3.35. The van der Waals surface area contributed by atoms with Crippen molar-refractivity contribution in [3.63, 3.8) is 0 Å². The van der Waals surface area contributed by atoms with E-state index in [4.69, 9.17) is 4.74 Å². The number of hydrogen-bond donors (Lipinski definition) is 0. The summed E-state index contributed by atoms with van der Waals surface area (Å²) in [5.74, 6) is 1.47. The zero-order chi connectivity index (χ0) is 21.9. The molecular formula is C28H27O2P. The van der Waals surface area contributed by atoms with Crippen LogP contribution in [0.15, 0.2) is 121 Å². The highest BCUT2D eigenvalue weighted by molar-refractivity contribution is 7.95. The molecule has 0 saturated heterocycles. The Morgan fingerprint density at radius 1 is 0.613 bits per heavy atom. The predicted octanol–water partition coefficient (Wildman–Crippen LogP) is 4.95. The smallest absolute Gasteiger partial charge is 0.331 e. The van der Waals surface area contributed by atoms with Crippen LogP contribution in [-0.4, -0.2) is 18.9 Å². The largest absolute Gasteiger partial charge is 0.466 e. The van der Waals surface area contributed by atoms with Gasteiger partial charge in [-0.15, -0.1) is 0 Å². The molecule has 0 heterocycles. The molecule has 0 unspecified atom stereocenters. The summed E-state index contributed by atoms with van der Waals surface area (Å²) >= 11 is 0. The number of carbonyl (C=O) groups excluding carboxylic acids is 1. The number of benzene rings is 4. The Bertz CT molecular complexity index is 1020. The van der Waals surface area contributed by atoms with Crippen LogP contribution < -0.4 is 15.9 Å². The number of esters is 1. The summed E-state index contributed by atoms with van der Waals surface area (Å²) in [5.41, 5.74) is 1.32. The Kier molecular flexibility index (Phi) is 8.04. The lowest BCUT2D eigenvalue weighted by Gasteiger charge is -2.28. The molecule has 0 N–H and O–H groups in total. The van der Waals surface area contributed by atoms with E-state index < -0.39 is 6.89 Å². The van der Waals surface area contributed by atoms with Crippen LogP contribution in [0.2, 0.25) is 0 Å². The summed E-state index contributed by atoms with van der Waals surface area (Å²) in [6, 6.07) is 40.9. The van der Waals surface area contributed by atoms with Gasteiger partial charge in [0.2, 0.25) is 0 Å². The van der Waals surface area contributed by atoms with E-state index in [2.05, 4.69) is 55.5 Å². The molecule has 0 aliphatic heterocycles. The van der Waals surface area contributed by atoms with E-state index in [9.17, 15) is 4.79 Å². The molecule has 4 aromatic rings. The molecule has 0 aliphatic rings. The van der Waals surface area contributed by atoms with Gasteiger partial charge >= 0.3 is 5.97 Å². The van der Waals surface area contributed by atoms with E-state index in [1.165, 1.54) is 12.7 Å². The molecule has 0 radical (unpaired) electrons. The molecule has 0 saturated carbocycles. The fourth-order valence-electron chi connectivity index (χ4n) is 3.41. The molecular weight excluding hydrogens is 399 g/mol. The summed E-state index contributed by atoms with van der Waals surface area (Å²) in [6.07, 6.45) is 0. The van der Waals surface area contributed by atoms with Crippen LogP contribution >= 0.6 is 6.89 Å². The predicted molar refractivity (Wildman–Crippen MR) is 134 cm³/mol. The second-order valence-corrected chi connectivity index (χ2v) is 10.3. The van der Waals surface area contributed by atoms with Gasteiger partial charge in [0.1, 0.15) is 0 Å². The highest BCUT2D eigenvalue weighted by Gasteiger charge is 2.26. The topological polar surface area (TPSA) is 26.3 Å². The van der Waals surface area contributed by atoms with Crippen molar-refractivity contribution in [1.29, 1.82) is 0 Å². The summed E-state index contributed by atoms with van der Waals surface area (Å²) in [6.45, 7) is -0.142. The molecule has 3 heteroatoms. The summed E-state index contributed by atoms with van der Waals surface area (Å²) in [7, 11) is 1.43. The Morgan fingerprint density at radius 2 is 0.935 bits per heavy atom. The maximum Gasteiger partial charge on any atom is 0.331 e. The highest BCUT2D eigenvalue weighted by atomic mass is 31.2. The van der Waals surface area contributed by atoms with Crippen LogP contribution in [0.1, 0.15) is 5.56 Å². The van der Waals surface area contributed by atoms with Gasteiger partial charge < -0.3 is 4.74 Å². The first-order valence-electron chi connectivity index (χ1n) is 10.2. The van der Waals surface area contributed by atoms with E-state index in [0.29, 0.717) is 0 Å². The minimum Gasteiger partial charge on any atom is -0.466 e.